The predicted molar refractivity (Wildman–Crippen MR) is 209 cm³/mol. The Morgan fingerprint density at radius 2 is 0.562 bits per heavy atom. The lowest BCUT2D eigenvalue weighted by Crippen LogP contribution is -2.30. The molecule has 0 aliphatic heterocycles. The topological polar surface area (TPSA) is 74.6 Å². The molecule has 0 aromatic rings. The first-order valence-corrected chi connectivity index (χ1v) is 21.3. The molecule has 4 heteroatoms. The van der Waals surface area contributed by atoms with Gasteiger partial charge in [0.2, 0.25) is 0 Å². The minimum Gasteiger partial charge on any atom is -0.481 e. The molecule has 0 aliphatic rings. The molecule has 0 radical (unpaired) electrons. The smallest absolute Gasteiger partial charge is 0.307 e. The second kappa shape index (κ2) is 38.2. The minimum atomic E-state index is -0.930. The quantitative estimate of drug-likeness (QED) is 0.0502. The van der Waals surface area contributed by atoms with Crippen LogP contribution in [0.3, 0.4) is 0 Å². The van der Waals surface area contributed by atoms with Crippen LogP contribution in [0, 0.1) is 11.8 Å². The Labute approximate surface area is 299 Å². The van der Waals surface area contributed by atoms with E-state index in [0.29, 0.717) is 12.8 Å². The fraction of sp³-hybridized carbons (Fsp3) is 0.864. The molecule has 282 valence electrons. The van der Waals surface area contributed by atoms with Crippen molar-refractivity contribution in [2.45, 2.75) is 232 Å². The van der Waals surface area contributed by atoms with Crippen LogP contribution in [0.25, 0.3) is 0 Å². The van der Waals surface area contributed by atoms with Gasteiger partial charge in [-0.05, 0) is 64.2 Å². The average Bonchev–Trinajstić information content (AvgIpc) is 3.07. The van der Waals surface area contributed by atoms with Crippen molar-refractivity contribution in [1.82, 2.24) is 0 Å². The van der Waals surface area contributed by atoms with Crippen LogP contribution in [0.4, 0.5) is 0 Å². The zero-order valence-electron chi connectivity index (χ0n) is 32.2. The zero-order valence-corrected chi connectivity index (χ0v) is 32.2. The van der Waals surface area contributed by atoms with E-state index in [0.717, 1.165) is 38.5 Å². The summed E-state index contributed by atoms with van der Waals surface area (Å²) >= 11 is 0. The van der Waals surface area contributed by atoms with Crippen LogP contribution >= 0.6 is 0 Å². The van der Waals surface area contributed by atoms with Crippen LogP contribution in [-0.2, 0) is 9.59 Å². The number of aliphatic carboxylic acids is 2. The van der Waals surface area contributed by atoms with E-state index in [9.17, 15) is 19.8 Å². The molecule has 0 rings (SSSR count). The van der Waals surface area contributed by atoms with Gasteiger partial charge in [0.1, 0.15) is 0 Å². The van der Waals surface area contributed by atoms with Crippen molar-refractivity contribution in [3.05, 3.63) is 24.3 Å². The summed E-state index contributed by atoms with van der Waals surface area (Å²) in [6.45, 7) is 4.54. The highest BCUT2D eigenvalue weighted by Gasteiger charge is 2.32. The molecular weight excluding hydrogens is 592 g/mol. The first-order chi connectivity index (χ1) is 23.5. The molecule has 0 bridgehead atoms. The normalized spacial score (nSPS) is 13.1. The van der Waals surface area contributed by atoms with Gasteiger partial charge in [0, 0.05) is 0 Å². The minimum absolute atomic E-state index is 0.492. The second-order valence-electron chi connectivity index (χ2n) is 14.8. The molecule has 0 spiro atoms. The molecule has 48 heavy (non-hydrogen) atoms. The van der Waals surface area contributed by atoms with Crippen molar-refractivity contribution >= 4 is 11.9 Å². The molecule has 2 unspecified atom stereocenters. The molecule has 0 heterocycles. The molecule has 2 N–H and O–H groups in total. The fourth-order valence-corrected chi connectivity index (χ4v) is 6.92. The van der Waals surface area contributed by atoms with Crippen LogP contribution in [0.15, 0.2) is 24.3 Å². The molecule has 0 saturated heterocycles. The van der Waals surface area contributed by atoms with Gasteiger partial charge in [0.05, 0.1) is 11.8 Å². The van der Waals surface area contributed by atoms with E-state index in [1.54, 1.807) is 0 Å². The largest absolute Gasteiger partial charge is 0.481 e. The highest BCUT2D eigenvalue weighted by atomic mass is 16.4. The first kappa shape index (κ1) is 46.4. The van der Waals surface area contributed by atoms with Gasteiger partial charge in [-0.1, -0.05) is 192 Å². The molecule has 0 aromatic heterocycles. The lowest BCUT2D eigenvalue weighted by Gasteiger charge is -2.20. The highest BCUT2D eigenvalue weighted by Crippen LogP contribution is 2.26. The van der Waals surface area contributed by atoms with Crippen LogP contribution in [0.1, 0.15) is 232 Å². The maximum atomic E-state index is 12.0. The van der Waals surface area contributed by atoms with Crippen LogP contribution in [0.2, 0.25) is 0 Å². The maximum absolute atomic E-state index is 12.0. The van der Waals surface area contributed by atoms with Gasteiger partial charge in [0.15, 0.2) is 0 Å². The Bertz CT molecular complexity index is 680. The van der Waals surface area contributed by atoms with Crippen molar-refractivity contribution in [2.24, 2.45) is 11.8 Å². The third kappa shape index (κ3) is 32.9. The number of rotatable bonds is 39. The average molecular weight is 675 g/mol. The molecular formula is C44H82O4. The van der Waals surface area contributed by atoms with Gasteiger partial charge in [0.25, 0.3) is 0 Å². The van der Waals surface area contributed by atoms with E-state index in [2.05, 4.69) is 38.2 Å². The molecule has 0 aromatic carbocycles. The van der Waals surface area contributed by atoms with E-state index in [1.165, 1.54) is 167 Å². The monoisotopic (exact) mass is 675 g/mol. The number of allylic oxidation sites excluding steroid dienone is 4. The van der Waals surface area contributed by atoms with Gasteiger partial charge in [-0.3, -0.25) is 9.59 Å². The van der Waals surface area contributed by atoms with E-state index >= 15 is 0 Å². The summed E-state index contributed by atoms with van der Waals surface area (Å²) in [5.41, 5.74) is 0. The number of carbonyl (C=O) groups is 2. The number of hydrogen-bond donors (Lipinski definition) is 2. The fourth-order valence-electron chi connectivity index (χ4n) is 6.92. The molecule has 0 aliphatic carbocycles. The van der Waals surface area contributed by atoms with E-state index in [-0.39, 0.29) is 0 Å². The van der Waals surface area contributed by atoms with Crippen molar-refractivity contribution in [3.8, 4) is 0 Å². The molecule has 0 saturated carbocycles. The number of carboxylic acid groups (broad SMARTS) is 2. The van der Waals surface area contributed by atoms with E-state index in [4.69, 9.17) is 0 Å². The Morgan fingerprint density at radius 3 is 0.792 bits per heavy atom. The SMILES string of the molecule is CCCCCCCC/C=C\CCCCCCCCCCC(C(=O)O)C(CCCCCCCCCC/C=C\CCCCCCCC)C(=O)O. The summed E-state index contributed by atoms with van der Waals surface area (Å²) in [5.74, 6) is -3.37. The molecule has 0 amide bonds. The van der Waals surface area contributed by atoms with Crippen LogP contribution in [-0.4, -0.2) is 22.2 Å². The highest BCUT2D eigenvalue weighted by molar-refractivity contribution is 5.79. The predicted octanol–water partition coefficient (Wildman–Crippen LogP) is 14.8. The summed E-state index contributed by atoms with van der Waals surface area (Å²) in [5, 5.41) is 19.6. The number of unbranched alkanes of at least 4 members (excludes halogenated alkanes) is 28. The summed E-state index contributed by atoms with van der Waals surface area (Å²) < 4.78 is 0. The number of hydrogen-bond acceptors (Lipinski definition) is 2. The second-order valence-corrected chi connectivity index (χ2v) is 14.8. The van der Waals surface area contributed by atoms with E-state index in [1.807, 2.05) is 0 Å². The first-order valence-electron chi connectivity index (χ1n) is 21.3. The van der Waals surface area contributed by atoms with Crippen molar-refractivity contribution < 1.29 is 19.8 Å². The third-order valence-electron chi connectivity index (χ3n) is 10.2. The van der Waals surface area contributed by atoms with Crippen molar-refractivity contribution in [1.29, 1.82) is 0 Å². The van der Waals surface area contributed by atoms with Gasteiger partial charge in [-0.15, -0.1) is 0 Å². The standard InChI is InChI=1S/C44H82O4/c1-3-5-7-9-11-13-15-17-19-21-23-25-27-29-31-33-35-37-39-41(43(45)46)42(44(47)48)40-38-36-34-32-30-28-26-24-22-20-18-16-14-12-10-8-6-4-2/h17-20,41-42H,3-16,21-40H2,1-2H3,(H,45,46)(H,47,48)/b19-17-,20-18-. The Balaban J connectivity index is 3.78. The Kier molecular flexibility index (Phi) is 37.0. The van der Waals surface area contributed by atoms with Crippen molar-refractivity contribution in [3.63, 3.8) is 0 Å². The summed E-state index contributed by atoms with van der Waals surface area (Å²) in [7, 11) is 0. The van der Waals surface area contributed by atoms with Crippen molar-refractivity contribution in [2.75, 3.05) is 0 Å². The van der Waals surface area contributed by atoms with Gasteiger partial charge >= 0.3 is 11.9 Å². The Hall–Kier alpha value is -1.58. The maximum Gasteiger partial charge on any atom is 0.307 e. The molecule has 2 atom stereocenters. The zero-order chi connectivity index (χ0) is 35.2. The van der Waals surface area contributed by atoms with Gasteiger partial charge in [-0.25, -0.2) is 0 Å². The van der Waals surface area contributed by atoms with Crippen LogP contribution < -0.4 is 0 Å². The van der Waals surface area contributed by atoms with Crippen LogP contribution in [0.5, 0.6) is 0 Å². The lowest BCUT2D eigenvalue weighted by molar-refractivity contribution is -0.154. The van der Waals surface area contributed by atoms with Gasteiger partial charge in [-0.2, -0.15) is 0 Å². The molecule has 4 nitrogen and oxygen atoms in total. The van der Waals surface area contributed by atoms with Gasteiger partial charge < -0.3 is 10.2 Å². The lowest BCUT2D eigenvalue weighted by atomic mass is 9.84. The number of carboxylic acids is 2. The Morgan fingerprint density at radius 1 is 0.354 bits per heavy atom. The van der Waals surface area contributed by atoms with E-state index < -0.39 is 23.8 Å². The third-order valence-corrected chi connectivity index (χ3v) is 10.2. The summed E-state index contributed by atoms with van der Waals surface area (Å²) in [6, 6.07) is 0. The summed E-state index contributed by atoms with van der Waals surface area (Å²) in [6.07, 6.45) is 50.2. The summed E-state index contributed by atoms with van der Waals surface area (Å²) in [4.78, 5) is 24.0. The molecule has 0 fully saturated rings.